The zero-order valence-electron chi connectivity index (χ0n) is 6.55. The number of carbonyl (C=O) groups is 1. The molecule has 0 aliphatic carbocycles. The van der Waals surface area contributed by atoms with E-state index in [2.05, 4.69) is 0 Å². The first kappa shape index (κ1) is 11.1. The number of aromatic amines is 1. The van der Waals surface area contributed by atoms with Crippen molar-refractivity contribution in [3.63, 3.8) is 0 Å². The maximum absolute atomic E-state index is 12.3. The summed E-state index contributed by atoms with van der Waals surface area (Å²) in [6, 6.07) is 0.774. The zero-order valence-corrected chi connectivity index (χ0v) is 8.71. The number of nitrogens with one attached hydrogen (secondary N) is 1. The largest absolute Gasteiger partial charge is 0.478 e. The lowest BCUT2D eigenvalue weighted by molar-refractivity contribution is 0.0694. The monoisotopic (exact) mass is 315 g/mol. The summed E-state index contributed by atoms with van der Waals surface area (Å²) in [4.78, 5) is 23.3. The molecule has 0 bridgehead atoms. The molecule has 1 aromatic rings. The summed E-state index contributed by atoms with van der Waals surface area (Å²) in [6.45, 7) is 0. The molecule has 1 aromatic heterocycles. The standard InChI is InChI=1S/C7H4F2INO3/c8-6(9)5-4(10)2(7(13)14)1-3(12)11-5/h1,6H,(H,11,12)(H,13,14). The molecular weight excluding hydrogens is 311 g/mol. The topological polar surface area (TPSA) is 70.2 Å². The fraction of sp³-hybridized carbons (Fsp3) is 0.143. The van der Waals surface area contributed by atoms with Crippen molar-refractivity contribution in [2.24, 2.45) is 0 Å². The molecule has 7 heteroatoms. The van der Waals surface area contributed by atoms with Crippen LogP contribution in [0, 0.1) is 3.57 Å². The molecule has 14 heavy (non-hydrogen) atoms. The molecular formula is C7H4F2INO3. The van der Waals surface area contributed by atoms with Crippen LogP contribution in [-0.4, -0.2) is 16.1 Å². The van der Waals surface area contributed by atoms with Crippen molar-refractivity contribution in [1.29, 1.82) is 0 Å². The maximum atomic E-state index is 12.3. The SMILES string of the molecule is O=C(O)c1cc(=O)[nH]c(C(F)F)c1I. The molecule has 0 saturated heterocycles. The van der Waals surface area contributed by atoms with Gasteiger partial charge in [0.1, 0.15) is 0 Å². The van der Waals surface area contributed by atoms with E-state index in [-0.39, 0.29) is 3.57 Å². The van der Waals surface area contributed by atoms with Gasteiger partial charge in [-0.2, -0.15) is 0 Å². The van der Waals surface area contributed by atoms with E-state index in [1.165, 1.54) is 22.6 Å². The highest BCUT2D eigenvalue weighted by Gasteiger charge is 2.19. The molecule has 76 valence electrons. The molecule has 0 atom stereocenters. The lowest BCUT2D eigenvalue weighted by atomic mass is 10.2. The lowest BCUT2D eigenvalue weighted by Crippen LogP contribution is -2.15. The minimum absolute atomic E-state index is 0.148. The fourth-order valence-electron chi connectivity index (χ4n) is 0.869. The van der Waals surface area contributed by atoms with Gasteiger partial charge in [0.15, 0.2) is 0 Å². The number of hydrogen-bond acceptors (Lipinski definition) is 2. The van der Waals surface area contributed by atoms with Crippen molar-refractivity contribution in [3.05, 3.63) is 31.2 Å². The van der Waals surface area contributed by atoms with Crippen molar-refractivity contribution < 1.29 is 18.7 Å². The van der Waals surface area contributed by atoms with Gasteiger partial charge in [0.2, 0.25) is 5.56 Å². The summed E-state index contributed by atoms with van der Waals surface area (Å²) in [5.41, 5.74) is -1.92. The van der Waals surface area contributed by atoms with Crippen molar-refractivity contribution >= 4 is 28.6 Å². The quantitative estimate of drug-likeness (QED) is 0.815. The van der Waals surface area contributed by atoms with Gasteiger partial charge in [0.05, 0.1) is 14.8 Å². The first-order chi connectivity index (χ1) is 6.43. The normalized spacial score (nSPS) is 10.6. The van der Waals surface area contributed by atoms with Crippen LogP contribution < -0.4 is 5.56 Å². The average Bonchev–Trinajstić information content (AvgIpc) is 2.07. The van der Waals surface area contributed by atoms with Crippen LogP contribution in [0.4, 0.5) is 8.78 Å². The number of H-pyrrole nitrogens is 1. The molecule has 1 rings (SSSR count). The summed E-state index contributed by atoms with van der Waals surface area (Å²) in [6.07, 6.45) is -2.89. The highest BCUT2D eigenvalue weighted by atomic mass is 127. The Morgan fingerprint density at radius 3 is 2.57 bits per heavy atom. The van der Waals surface area contributed by atoms with Crippen molar-refractivity contribution in [1.82, 2.24) is 4.98 Å². The Labute approximate surface area is 90.1 Å². The molecule has 2 N–H and O–H groups in total. The summed E-state index contributed by atoms with van der Waals surface area (Å²) >= 11 is 1.46. The Balaban J connectivity index is 3.48. The van der Waals surface area contributed by atoms with Crippen molar-refractivity contribution in [3.8, 4) is 0 Å². The molecule has 0 aliphatic heterocycles. The van der Waals surface area contributed by atoms with E-state index >= 15 is 0 Å². The predicted octanol–water partition coefficient (Wildman–Crippen LogP) is 1.62. The third-order valence-corrected chi connectivity index (χ3v) is 2.62. The van der Waals surface area contributed by atoms with Crippen LogP contribution >= 0.6 is 22.6 Å². The molecule has 0 aliphatic rings. The number of alkyl halides is 2. The van der Waals surface area contributed by atoms with Crippen LogP contribution in [-0.2, 0) is 0 Å². The number of pyridine rings is 1. The van der Waals surface area contributed by atoms with E-state index in [1.54, 1.807) is 0 Å². The number of aromatic nitrogens is 1. The van der Waals surface area contributed by atoms with Gasteiger partial charge in [-0.15, -0.1) is 0 Å². The van der Waals surface area contributed by atoms with E-state index in [0.29, 0.717) is 0 Å². The minimum atomic E-state index is -2.89. The van der Waals surface area contributed by atoms with Crippen LogP contribution in [0.1, 0.15) is 22.5 Å². The van der Waals surface area contributed by atoms with E-state index < -0.39 is 29.2 Å². The van der Waals surface area contributed by atoms with Gasteiger partial charge in [-0.3, -0.25) is 4.79 Å². The number of halogens is 3. The number of hydrogen-bond donors (Lipinski definition) is 2. The summed E-state index contributed by atoms with van der Waals surface area (Å²) < 4.78 is 24.4. The second-order valence-electron chi connectivity index (χ2n) is 2.38. The second-order valence-corrected chi connectivity index (χ2v) is 3.46. The Hall–Kier alpha value is -0.990. The van der Waals surface area contributed by atoms with Gasteiger partial charge < -0.3 is 10.1 Å². The number of carboxylic acid groups (broad SMARTS) is 1. The van der Waals surface area contributed by atoms with Crippen LogP contribution in [0.2, 0.25) is 0 Å². The summed E-state index contributed by atoms with van der Waals surface area (Å²) in [7, 11) is 0. The molecule has 0 saturated carbocycles. The van der Waals surface area contributed by atoms with E-state index in [0.717, 1.165) is 6.07 Å². The van der Waals surface area contributed by atoms with E-state index in [9.17, 15) is 18.4 Å². The van der Waals surface area contributed by atoms with Gasteiger partial charge in [-0.25, -0.2) is 13.6 Å². The second kappa shape index (κ2) is 4.03. The Bertz CT molecular complexity index is 429. The van der Waals surface area contributed by atoms with Gasteiger partial charge in [-0.05, 0) is 22.6 Å². The van der Waals surface area contributed by atoms with Crippen LogP contribution in [0.5, 0.6) is 0 Å². The summed E-state index contributed by atoms with van der Waals surface area (Å²) in [5, 5.41) is 8.59. The fourth-order valence-corrected chi connectivity index (χ4v) is 1.63. The molecule has 0 fully saturated rings. The number of rotatable bonds is 2. The van der Waals surface area contributed by atoms with E-state index in [1.807, 2.05) is 4.98 Å². The van der Waals surface area contributed by atoms with Gasteiger partial charge in [-0.1, -0.05) is 0 Å². The molecule has 4 nitrogen and oxygen atoms in total. The smallest absolute Gasteiger partial charge is 0.337 e. The highest BCUT2D eigenvalue weighted by Crippen LogP contribution is 2.23. The Morgan fingerprint density at radius 1 is 1.57 bits per heavy atom. The molecule has 1 heterocycles. The van der Waals surface area contributed by atoms with Gasteiger partial charge >= 0.3 is 5.97 Å². The Kier molecular flexibility index (Phi) is 3.19. The van der Waals surface area contributed by atoms with Crippen LogP contribution in [0.25, 0.3) is 0 Å². The zero-order chi connectivity index (χ0) is 10.9. The molecule has 0 spiro atoms. The molecule has 0 amide bonds. The average molecular weight is 315 g/mol. The number of carboxylic acids is 1. The van der Waals surface area contributed by atoms with E-state index in [4.69, 9.17) is 5.11 Å². The molecule has 0 aromatic carbocycles. The highest BCUT2D eigenvalue weighted by molar-refractivity contribution is 14.1. The first-order valence-electron chi connectivity index (χ1n) is 3.37. The molecule has 0 radical (unpaired) electrons. The van der Waals surface area contributed by atoms with Crippen LogP contribution in [0.3, 0.4) is 0 Å². The van der Waals surface area contributed by atoms with Gasteiger partial charge in [0, 0.05) is 6.07 Å². The number of aromatic carboxylic acids is 1. The maximum Gasteiger partial charge on any atom is 0.337 e. The van der Waals surface area contributed by atoms with Crippen molar-refractivity contribution in [2.45, 2.75) is 6.43 Å². The lowest BCUT2D eigenvalue weighted by Gasteiger charge is -2.04. The predicted molar refractivity (Wildman–Crippen MR) is 51.7 cm³/mol. The third-order valence-electron chi connectivity index (χ3n) is 1.45. The van der Waals surface area contributed by atoms with Crippen LogP contribution in [0.15, 0.2) is 10.9 Å². The van der Waals surface area contributed by atoms with Crippen molar-refractivity contribution in [2.75, 3.05) is 0 Å². The minimum Gasteiger partial charge on any atom is -0.478 e. The third kappa shape index (κ3) is 2.08. The Morgan fingerprint density at radius 2 is 2.14 bits per heavy atom. The summed E-state index contributed by atoms with van der Waals surface area (Å²) in [5.74, 6) is -1.40. The van der Waals surface area contributed by atoms with Gasteiger partial charge in [0.25, 0.3) is 6.43 Å². The molecule has 0 unspecified atom stereocenters. The first-order valence-corrected chi connectivity index (χ1v) is 4.45.